The first-order valence-corrected chi connectivity index (χ1v) is 14.5. The first kappa shape index (κ1) is 29.8. The van der Waals surface area contributed by atoms with Gasteiger partial charge in [0.15, 0.2) is 0 Å². The number of carbonyl (C=O) groups excluding carboxylic acids is 1. The van der Waals surface area contributed by atoms with E-state index in [0.29, 0.717) is 54.5 Å². The van der Waals surface area contributed by atoms with Gasteiger partial charge in [0.05, 0.1) is 31.3 Å². The van der Waals surface area contributed by atoms with Gasteiger partial charge in [-0.1, -0.05) is 0 Å². The minimum atomic E-state index is -3.80. The highest BCUT2D eigenvalue weighted by atomic mass is 32.2. The zero-order valence-corrected chi connectivity index (χ0v) is 23.9. The molecule has 0 spiro atoms. The molecule has 1 aromatic carbocycles. The highest BCUT2D eigenvalue weighted by Gasteiger charge is 2.35. The number of benzene rings is 1. The van der Waals surface area contributed by atoms with Gasteiger partial charge in [-0.3, -0.25) is 9.69 Å². The minimum absolute atomic E-state index is 0.0472. The Morgan fingerprint density at radius 3 is 2.38 bits per heavy atom. The molecule has 210 valence electrons. The summed E-state index contributed by atoms with van der Waals surface area (Å²) in [5.41, 5.74) is 1.27. The third kappa shape index (κ3) is 8.11. The summed E-state index contributed by atoms with van der Waals surface area (Å²) in [6, 6.07) is 3.07. The van der Waals surface area contributed by atoms with Gasteiger partial charge in [-0.25, -0.2) is 8.42 Å². The monoisotopic (exact) mass is 540 g/mol. The third-order valence-corrected chi connectivity index (χ3v) is 9.29. The standard InChI is InChI=1S/C26H44N4O6S/c1-21-17-24(34-5)18-22(2)26(21)37(32,33)30-14-16-35-15-7-23(30)19-36-20-25(31)29-12-10-28(11-13-29)9-6-8-27(3)4/h17-18,23H,6-16,19-20H2,1-5H3. The fraction of sp³-hybridized carbons (Fsp3) is 0.731. The Labute approximate surface area is 222 Å². The summed E-state index contributed by atoms with van der Waals surface area (Å²) in [6.07, 6.45) is 1.62. The Kier molecular flexibility index (Phi) is 11.2. The molecule has 2 saturated heterocycles. The van der Waals surface area contributed by atoms with Crippen molar-refractivity contribution in [1.29, 1.82) is 0 Å². The second-order valence-corrected chi connectivity index (χ2v) is 12.0. The number of ether oxygens (including phenoxy) is 3. The molecule has 2 heterocycles. The van der Waals surface area contributed by atoms with Crippen LogP contribution in [0.3, 0.4) is 0 Å². The van der Waals surface area contributed by atoms with Crippen LogP contribution in [0.4, 0.5) is 0 Å². The van der Waals surface area contributed by atoms with Gasteiger partial charge in [-0.05, 0) is 77.1 Å². The second-order valence-electron chi connectivity index (χ2n) is 10.2. The number of sulfonamides is 1. The summed E-state index contributed by atoms with van der Waals surface area (Å²) in [5.74, 6) is 0.579. The van der Waals surface area contributed by atoms with E-state index in [1.54, 1.807) is 33.1 Å². The average Bonchev–Trinajstić information content (AvgIpc) is 3.09. The smallest absolute Gasteiger partial charge is 0.248 e. The molecule has 1 unspecified atom stereocenters. The van der Waals surface area contributed by atoms with Crippen LogP contribution in [0.2, 0.25) is 0 Å². The van der Waals surface area contributed by atoms with Crippen LogP contribution in [0, 0.1) is 13.8 Å². The molecule has 0 aliphatic carbocycles. The SMILES string of the molecule is COc1cc(C)c(S(=O)(=O)N2CCOCCC2COCC(=O)N2CCN(CCCN(C)C)CC2)c(C)c1. The lowest BCUT2D eigenvalue weighted by Crippen LogP contribution is -2.50. The first-order valence-electron chi connectivity index (χ1n) is 13.1. The molecule has 1 amide bonds. The molecule has 0 radical (unpaired) electrons. The number of nitrogens with zero attached hydrogens (tertiary/aromatic N) is 4. The van der Waals surface area contributed by atoms with Crippen molar-refractivity contribution in [1.82, 2.24) is 19.0 Å². The molecule has 3 rings (SSSR count). The number of amides is 1. The molecule has 1 atom stereocenters. The number of carbonyl (C=O) groups is 1. The Morgan fingerprint density at radius 1 is 1.08 bits per heavy atom. The van der Waals surface area contributed by atoms with E-state index in [0.717, 1.165) is 32.6 Å². The van der Waals surface area contributed by atoms with E-state index in [9.17, 15) is 13.2 Å². The van der Waals surface area contributed by atoms with Crippen molar-refractivity contribution in [3.05, 3.63) is 23.3 Å². The van der Waals surface area contributed by atoms with Crippen LogP contribution in [0.25, 0.3) is 0 Å². The maximum absolute atomic E-state index is 13.8. The van der Waals surface area contributed by atoms with Crippen LogP contribution < -0.4 is 4.74 Å². The van der Waals surface area contributed by atoms with Gasteiger partial charge in [0.2, 0.25) is 15.9 Å². The number of hydrogen-bond donors (Lipinski definition) is 0. The number of methoxy groups -OCH3 is 1. The molecule has 2 aliphatic rings. The summed E-state index contributed by atoms with van der Waals surface area (Å²) in [7, 11) is 1.92. The molecular weight excluding hydrogens is 496 g/mol. The van der Waals surface area contributed by atoms with Crippen molar-refractivity contribution in [2.75, 3.05) is 93.4 Å². The molecule has 2 fully saturated rings. The van der Waals surface area contributed by atoms with E-state index in [-0.39, 0.29) is 25.7 Å². The van der Waals surface area contributed by atoms with E-state index < -0.39 is 16.1 Å². The fourth-order valence-corrected chi connectivity index (χ4v) is 7.08. The van der Waals surface area contributed by atoms with Crippen LogP contribution in [0.1, 0.15) is 24.0 Å². The molecular formula is C26H44N4O6S. The van der Waals surface area contributed by atoms with Gasteiger partial charge >= 0.3 is 0 Å². The predicted octanol–water partition coefficient (Wildman–Crippen LogP) is 1.20. The summed E-state index contributed by atoms with van der Waals surface area (Å²) < 4.78 is 45.7. The lowest BCUT2D eigenvalue weighted by Gasteiger charge is -2.35. The molecule has 1 aromatic rings. The van der Waals surface area contributed by atoms with Gasteiger partial charge < -0.3 is 24.0 Å². The summed E-state index contributed by atoms with van der Waals surface area (Å²) in [4.78, 5) is 19.5. The van der Waals surface area contributed by atoms with Gasteiger partial charge in [0.1, 0.15) is 12.4 Å². The number of rotatable bonds is 11. The van der Waals surface area contributed by atoms with Crippen molar-refractivity contribution in [2.24, 2.45) is 0 Å². The van der Waals surface area contributed by atoms with Crippen LogP contribution in [-0.4, -0.2) is 133 Å². The zero-order chi connectivity index (χ0) is 27.0. The lowest BCUT2D eigenvalue weighted by atomic mass is 10.1. The second kappa shape index (κ2) is 13.9. The van der Waals surface area contributed by atoms with Gasteiger partial charge in [-0.15, -0.1) is 0 Å². The number of piperazine rings is 1. The fourth-order valence-electron chi connectivity index (χ4n) is 5.04. The molecule has 0 saturated carbocycles. The topological polar surface area (TPSA) is 91.9 Å². The highest BCUT2D eigenvalue weighted by Crippen LogP contribution is 2.30. The zero-order valence-electron chi connectivity index (χ0n) is 23.1. The van der Waals surface area contributed by atoms with E-state index in [1.165, 1.54) is 4.31 Å². The van der Waals surface area contributed by atoms with Crippen molar-refractivity contribution >= 4 is 15.9 Å². The van der Waals surface area contributed by atoms with Gasteiger partial charge in [0, 0.05) is 39.3 Å². The normalized spacial score (nSPS) is 20.3. The first-order chi connectivity index (χ1) is 17.6. The van der Waals surface area contributed by atoms with Crippen molar-refractivity contribution in [2.45, 2.75) is 37.6 Å². The molecule has 37 heavy (non-hydrogen) atoms. The molecule has 11 heteroatoms. The van der Waals surface area contributed by atoms with Crippen LogP contribution in [0.5, 0.6) is 5.75 Å². The molecule has 0 N–H and O–H groups in total. The largest absolute Gasteiger partial charge is 0.497 e. The molecule has 0 aromatic heterocycles. The Morgan fingerprint density at radius 2 is 1.76 bits per heavy atom. The lowest BCUT2D eigenvalue weighted by molar-refractivity contribution is -0.138. The van der Waals surface area contributed by atoms with Crippen molar-refractivity contribution in [3.63, 3.8) is 0 Å². The third-order valence-electron chi connectivity index (χ3n) is 7.04. The molecule has 2 aliphatic heterocycles. The quantitative estimate of drug-likeness (QED) is 0.414. The molecule has 0 bridgehead atoms. The van der Waals surface area contributed by atoms with Gasteiger partial charge in [0.25, 0.3) is 0 Å². The number of hydrogen-bond acceptors (Lipinski definition) is 8. The van der Waals surface area contributed by atoms with Crippen molar-refractivity contribution < 1.29 is 27.4 Å². The van der Waals surface area contributed by atoms with E-state index in [2.05, 4.69) is 23.9 Å². The van der Waals surface area contributed by atoms with Gasteiger partial charge in [-0.2, -0.15) is 4.31 Å². The Bertz CT molecular complexity index is 972. The predicted molar refractivity (Wildman–Crippen MR) is 143 cm³/mol. The summed E-state index contributed by atoms with van der Waals surface area (Å²) >= 11 is 0. The van der Waals surface area contributed by atoms with Crippen molar-refractivity contribution in [3.8, 4) is 5.75 Å². The van der Waals surface area contributed by atoms with Crippen LogP contribution in [-0.2, 0) is 24.3 Å². The minimum Gasteiger partial charge on any atom is -0.497 e. The van der Waals surface area contributed by atoms with E-state index in [1.807, 2.05) is 4.90 Å². The number of aryl methyl sites for hydroxylation is 2. The average molecular weight is 541 g/mol. The Hall–Kier alpha value is -1.76. The highest BCUT2D eigenvalue weighted by molar-refractivity contribution is 7.89. The Balaban J connectivity index is 1.56. The summed E-state index contributed by atoms with van der Waals surface area (Å²) in [6.45, 7) is 9.89. The summed E-state index contributed by atoms with van der Waals surface area (Å²) in [5, 5.41) is 0. The molecule has 10 nitrogen and oxygen atoms in total. The van der Waals surface area contributed by atoms with E-state index >= 15 is 0 Å². The maximum Gasteiger partial charge on any atom is 0.248 e. The van der Waals surface area contributed by atoms with Crippen LogP contribution in [0.15, 0.2) is 17.0 Å². The van der Waals surface area contributed by atoms with Crippen LogP contribution >= 0.6 is 0 Å². The maximum atomic E-state index is 13.8. The van der Waals surface area contributed by atoms with E-state index in [4.69, 9.17) is 14.2 Å².